The van der Waals surface area contributed by atoms with E-state index in [-0.39, 0.29) is 17.4 Å². The number of benzene rings is 2. The first-order valence-electron chi connectivity index (χ1n) is 10.7. The zero-order valence-electron chi connectivity index (χ0n) is 17.4. The van der Waals surface area contributed by atoms with Crippen molar-refractivity contribution in [2.45, 2.75) is 37.1 Å². The van der Waals surface area contributed by atoms with Gasteiger partial charge in [0.1, 0.15) is 11.8 Å². The maximum absolute atomic E-state index is 13.2. The molecule has 1 aliphatic carbocycles. The summed E-state index contributed by atoms with van der Waals surface area (Å²) in [6.45, 7) is 1.48. The average molecular weight is 408 g/mol. The minimum atomic E-state index is -0.606. The fourth-order valence-corrected chi connectivity index (χ4v) is 4.87. The van der Waals surface area contributed by atoms with Crippen LogP contribution in [0, 0.1) is 0 Å². The molecule has 1 saturated heterocycles. The Morgan fingerprint density at radius 3 is 2.57 bits per heavy atom. The molecule has 2 fully saturated rings. The van der Waals surface area contributed by atoms with Gasteiger partial charge in [-0.2, -0.15) is 0 Å². The summed E-state index contributed by atoms with van der Waals surface area (Å²) in [5, 5.41) is 6.04. The molecule has 1 aliphatic heterocycles. The molecule has 1 unspecified atom stereocenters. The van der Waals surface area contributed by atoms with Crippen LogP contribution < -0.4 is 15.4 Å². The van der Waals surface area contributed by atoms with Gasteiger partial charge >= 0.3 is 6.03 Å². The second-order valence-corrected chi connectivity index (χ2v) is 8.14. The predicted octanol–water partition coefficient (Wildman–Crippen LogP) is 3.39. The number of piperazine rings is 1. The molecule has 1 heterocycles. The Kier molecular flexibility index (Phi) is 5.93. The van der Waals surface area contributed by atoms with E-state index in [2.05, 4.69) is 16.7 Å². The van der Waals surface area contributed by atoms with E-state index in [0.717, 1.165) is 42.6 Å². The summed E-state index contributed by atoms with van der Waals surface area (Å²) in [5.74, 6) is 0.732. The van der Waals surface area contributed by atoms with E-state index in [0.29, 0.717) is 19.6 Å². The molecule has 2 aromatic carbocycles. The molecule has 6 nitrogen and oxygen atoms in total. The van der Waals surface area contributed by atoms with E-state index in [9.17, 15) is 9.59 Å². The smallest absolute Gasteiger partial charge is 0.318 e. The summed E-state index contributed by atoms with van der Waals surface area (Å²) in [6, 6.07) is 16.8. The predicted molar refractivity (Wildman–Crippen MR) is 115 cm³/mol. The highest BCUT2D eigenvalue weighted by Gasteiger charge is 2.40. The Hall–Kier alpha value is -3.02. The van der Waals surface area contributed by atoms with Gasteiger partial charge in [0.2, 0.25) is 5.91 Å². The molecular formula is C24H29N3O3. The average Bonchev–Trinajstić information content (AvgIpc) is 3.28. The van der Waals surface area contributed by atoms with Gasteiger partial charge < -0.3 is 20.3 Å². The molecule has 158 valence electrons. The Balaban J connectivity index is 1.54. The Labute approximate surface area is 177 Å². The minimum Gasteiger partial charge on any atom is -0.496 e. The third-order valence-corrected chi connectivity index (χ3v) is 6.41. The quantitative estimate of drug-likeness (QED) is 0.798. The first-order chi connectivity index (χ1) is 14.6. The van der Waals surface area contributed by atoms with E-state index in [1.54, 1.807) is 12.0 Å². The number of urea groups is 1. The van der Waals surface area contributed by atoms with Crippen molar-refractivity contribution in [1.29, 1.82) is 0 Å². The lowest BCUT2D eigenvalue weighted by atomic mass is 9.78. The number of hydrogen-bond acceptors (Lipinski definition) is 3. The van der Waals surface area contributed by atoms with Crippen LogP contribution in [0.1, 0.15) is 42.9 Å². The van der Waals surface area contributed by atoms with Gasteiger partial charge in [-0.3, -0.25) is 4.79 Å². The Bertz CT molecular complexity index is 894. The van der Waals surface area contributed by atoms with Gasteiger partial charge in [-0.15, -0.1) is 0 Å². The molecule has 2 aliphatic rings. The van der Waals surface area contributed by atoms with Crippen molar-refractivity contribution in [2.75, 3.05) is 26.7 Å². The van der Waals surface area contributed by atoms with Gasteiger partial charge in [0.25, 0.3) is 0 Å². The number of carbonyl (C=O) groups excluding carboxylic acids is 2. The van der Waals surface area contributed by atoms with Crippen LogP contribution in [0.2, 0.25) is 0 Å². The molecule has 4 rings (SSSR count). The first kappa shape index (κ1) is 20.3. The standard InChI is InChI=1S/C24H29N3O3/c1-30-20-12-6-5-11-19(20)24(13-7-8-14-24)17-26-23(29)27-16-15-25-22(28)21(27)18-9-3-2-4-10-18/h2-6,9-12,21H,7-8,13-17H2,1H3,(H,25,28)(H,26,29). The van der Waals surface area contributed by atoms with E-state index in [4.69, 9.17) is 4.74 Å². The van der Waals surface area contributed by atoms with Gasteiger partial charge in [0.15, 0.2) is 0 Å². The summed E-state index contributed by atoms with van der Waals surface area (Å²) in [7, 11) is 1.69. The summed E-state index contributed by atoms with van der Waals surface area (Å²) in [4.78, 5) is 27.5. The highest BCUT2D eigenvalue weighted by atomic mass is 16.5. The van der Waals surface area contributed by atoms with Gasteiger partial charge in [-0.05, 0) is 24.5 Å². The molecule has 1 saturated carbocycles. The van der Waals surface area contributed by atoms with Crippen molar-refractivity contribution < 1.29 is 14.3 Å². The first-order valence-corrected chi connectivity index (χ1v) is 10.7. The fraction of sp³-hybridized carbons (Fsp3) is 0.417. The molecule has 3 amide bonds. The lowest BCUT2D eigenvalue weighted by molar-refractivity contribution is -0.127. The molecule has 0 radical (unpaired) electrons. The van der Waals surface area contributed by atoms with Crippen LogP contribution in [0.5, 0.6) is 5.75 Å². The highest BCUT2D eigenvalue weighted by molar-refractivity contribution is 5.89. The largest absolute Gasteiger partial charge is 0.496 e. The van der Waals surface area contributed by atoms with Crippen LogP contribution in [-0.4, -0.2) is 43.6 Å². The second kappa shape index (κ2) is 8.78. The highest BCUT2D eigenvalue weighted by Crippen LogP contribution is 2.44. The van der Waals surface area contributed by atoms with Crippen molar-refractivity contribution in [1.82, 2.24) is 15.5 Å². The summed E-state index contributed by atoms with van der Waals surface area (Å²) in [6.07, 6.45) is 4.28. The zero-order chi connectivity index (χ0) is 21.0. The molecular weight excluding hydrogens is 378 g/mol. The number of hydrogen-bond donors (Lipinski definition) is 2. The van der Waals surface area contributed by atoms with Crippen LogP contribution in [0.3, 0.4) is 0 Å². The number of para-hydroxylation sites is 1. The Morgan fingerprint density at radius 2 is 1.83 bits per heavy atom. The van der Waals surface area contributed by atoms with Crippen molar-refractivity contribution in [3.63, 3.8) is 0 Å². The molecule has 0 aromatic heterocycles. The van der Waals surface area contributed by atoms with Crippen molar-refractivity contribution in [3.05, 3.63) is 65.7 Å². The zero-order valence-corrected chi connectivity index (χ0v) is 17.4. The maximum atomic E-state index is 13.2. The van der Waals surface area contributed by atoms with E-state index >= 15 is 0 Å². The van der Waals surface area contributed by atoms with Crippen molar-refractivity contribution in [2.24, 2.45) is 0 Å². The minimum absolute atomic E-state index is 0.136. The number of rotatable bonds is 5. The SMILES string of the molecule is COc1ccccc1C1(CNC(=O)N2CCNC(=O)C2c2ccccc2)CCCC1. The van der Waals surface area contributed by atoms with E-state index in [1.807, 2.05) is 48.5 Å². The van der Waals surface area contributed by atoms with Gasteiger partial charge in [0, 0.05) is 30.6 Å². The van der Waals surface area contributed by atoms with Gasteiger partial charge in [-0.1, -0.05) is 61.4 Å². The lowest BCUT2D eigenvalue weighted by Crippen LogP contribution is -2.56. The molecule has 0 bridgehead atoms. The molecule has 2 aromatic rings. The number of ether oxygens (including phenoxy) is 1. The van der Waals surface area contributed by atoms with Crippen LogP contribution in [0.25, 0.3) is 0 Å². The molecule has 6 heteroatoms. The number of nitrogens with one attached hydrogen (secondary N) is 2. The number of methoxy groups -OCH3 is 1. The molecule has 1 atom stereocenters. The third kappa shape index (κ3) is 3.86. The number of carbonyl (C=O) groups is 2. The lowest BCUT2D eigenvalue weighted by Gasteiger charge is -2.37. The van der Waals surface area contributed by atoms with E-state index in [1.165, 1.54) is 0 Å². The summed E-state index contributed by atoms with van der Waals surface area (Å²) < 4.78 is 5.62. The summed E-state index contributed by atoms with van der Waals surface area (Å²) >= 11 is 0. The third-order valence-electron chi connectivity index (χ3n) is 6.41. The molecule has 0 spiro atoms. The summed E-state index contributed by atoms with van der Waals surface area (Å²) in [5.41, 5.74) is 1.84. The topological polar surface area (TPSA) is 70.7 Å². The second-order valence-electron chi connectivity index (χ2n) is 8.14. The Morgan fingerprint density at radius 1 is 1.13 bits per heavy atom. The maximum Gasteiger partial charge on any atom is 0.318 e. The van der Waals surface area contributed by atoms with Crippen LogP contribution in [0.15, 0.2) is 54.6 Å². The van der Waals surface area contributed by atoms with Crippen molar-refractivity contribution >= 4 is 11.9 Å². The van der Waals surface area contributed by atoms with Crippen molar-refractivity contribution in [3.8, 4) is 5.75 Å². The monoisotopic (exact) mass is 407 g/mol. The van der Waals surface area contributed by atoms with Gasteiger partial charge in [0.05, 0.1) is 7.11 Å². The number of nitrogens with zero attached hydrogens (tertiary/aromatic N) is 1. The number of amides is 3. The molecule has 2 N–H and O–H groups in total. The molecule has 30 heavy (non-hydrogen) atoms. The van der Waals surface area contributed by atoms with Crippen LogP contribution >= 0.6 is 0 Å². The van der Waals surface area contributed by atoms with Crippen LogP contribution in [0.4, 0.5) is 4.79 Å². The van der Waals surface area contributed by atoms with E-state index < -0.39 is 6.04 Å². The van der Waals surface area contributed by atoms with Crippen LogP contribution in [-0.2, 0) is 10.2 Å². The fourth-order valence-electron chi connectivity index (χ4n) is 4.87. The van der Waals surface area contributed by atoms with Gasteiger partial charge in [-0.25, -0.2) is 4.79 Å². The normalized spacial score (nSPS) is 20.5.